The van der Waals surface area contributed by atoms with Gasteiger partial charge in [0.25, 0.3) is 0 Å². The van der Waals surface area contributed by atoms with Gasteiger partial charge in [-0.3, -0.25) is 0 Å². The number of pyridine rings is 1. The third-order valence-corrected chi connectivity index (χ3v) is 5.30. The van der Waals surface area contributed by atoms with Crippen LogP contribution in [0.1, 0.15) is 11.1 Å². The number of aliphatic imine (C=N–C) groups is 1. The maximum atomic E-state index is 5.30. The molecule has 0 aliphatic carbocycles. The number of ether oxygens (including phenoxy) is 1. The summed E-state index contributed by atoms with van der Waals surface area (Å²) in [5.74, 6) is 1.67. The molecule has 0 amide bonds. The monoisotopic (exact) mass is 311 g/mol. The van der Waals surface area contributed by atoms with Gasteiger partial charge >= 0.3 is 0 Å². The highest BCUT2D eigenvalue weighted by Gasteiger charge is 2.34. The molecule has 112 valence electrons. The molecule has 1 aromatic carbocycles. The van der Waals surface area contributed by atoms with E-state index in [0.717, 1.165) is 29.6 Å². The molecule has 2 aromatic rings. The fraction of sp³-hybridized carbons (Fsp3) is 0.294. The molecule has 3 heterocycles. The molecule has 0 spiro atoms. The number of rotatable bonds is 2. The van der Waals surface area contributed by atoms with Crippen LogP contribution in [0.5, 0.6) is 5.88 Å². The van der Waals surface area contributed by atoms with Crippen LogP contribution in [-0.4, -0.2) is 34.0 Å². The molecule has 2 aliphatic rings. The second kappa shape index (κ2) is 5.65. The summed E-state index contributed by atoms with van der Waals surface area (Å²) in [5, 5.41) is 1.07. The number of fused-ring (bicyclic) bond motifs is 2. The van der Waals surface area contributed by atoms with Crippen LogP contribution in [0.25, 0.3) is 0 Å². The average molecular weight is 311 g/mol. The Bertz CT molecular complexity index is 731. The first-order chi connectivity index (χ1) is 10.8. The van der Waals surface area contributed by atoms with Crippen LogP contribution >= 0.6 is 11.8 Å². The number of thioether (sulfide) groups is 1. The van der Waals surface area contributed by atoms with Crippen LogP contribution in [0.3, 0.4) is 0 Å². The van der Waals surface area contributed by atoms with Crippen molar-refractivity contribution < 1.29 is 4.74 Å². The lowest BCUT2D eigenvalue weighted by atomic mass is 9.95. The van der Waals surface area contributed by atoms with Crippen LogP contribution < -0.4 is 4.74 Å². The van der Waals surface area contributed by atoms with Crippen molar-refractivity contribution in [1.82, 2.24) is 9.88 Å². The summed E-state index contributed by atoms with van der Waals surface area (Å²) in [4.78, 5) is 11.4. The van der Waals surface area contributed by atoms with E-state index >= 15 is 0 Å². The molecule has 0 N–H and O–H groups in total. The maximum absolute atomic E-state index is 5.30. The van der Waals surface area contributed by atoms with E-state index in [2.05, 4.69) is 34.1 Å². The SMILES string of the molecule is COc1ncccc1N=C1SC[C@@H]2Cc3ccccc3CN12. The minimum Gasteiger partial charge on any atom is -0.479 e. The van der Waals surface area contributed by atoms with E-state index in [-0.39, 0.29) is 0 Å². The lowest BCUT2D eigenvalue weighted by Gasteiger charge is -2.32. The number of aromatic nitrogens is 1. The lowest BCUT2D eigenvalue weighted by molar-refractivity contribution is 0.319. The Kier molecular flexibility index (Phi) is 3.50. The van der Waals surface area contributed by atoms with Gasteiger partial charge in [0, 0.05) is 24.5 Å². The van der Waals surface area contributed by atoms with Gasteiger partial charge in [0.05, 0.1) is 7.11 Å². The Balaban J connectivity index is 1.66. The van der Waals surface area contributed by atoms with Gasteiger partial charge in [0.2, 0.25) is 5.88 Å². The van der Waals surface area contributed by atoms with Crippen molar-refractivity contribution in [1.29, 1.82) is 0 Å². The normalized spacial score (nSPS) is 21.6. The van der Waals surface area contributed by atoms with Crippen molar-refractivity contribution in [2.24, 2.45) is 4.99 Å². The van der Waals surface area contributed by atoms with E-state index in [4.69, 9.17) is 9.73 Å². The molecule has 22 heavy (non-hydrogen) atoms. The number of hydrogen-bond acceptors (Lipinski definition) is 4. The first-order valence-electron chi connectivity index (χ1n) is 7.39. The third-order valence-electron chi connectivity index (χ3n) is 4.17. The van der Waals surface area contributed by atoms with E-state index < -0.39 is 0 Å². The maximum Gasteiger partial charge on any atom is 0.239 e. The second-order valence-electron chi connectivity index (χ2n) is 5.49. The number of benzene rings is 1. The number of hydrogen-bond donors (Lipinski definition) is 0. The zero-order valence-corrected chi connectivity index (χ0v) is 13.2. The fourth-order valence-corrected chi connectivity index (χ4v) is 4.22. The van der Waals surface area contributed by atoms with Crippen LogP contribution in [0, 0.1) is 0 Å². The summed E-state index contributed by atoms with van der Waals surface area (Å²) in [6.45, 7) is 0.940. The van der Waals surface area contributed by atoms with Crippen molar-refractivity contribution in [3.05, 3.63) is 53.7 Å². The Morgan fingerprint density at radius 3 is 2.95 bits per heavy atom. The number of methoxy groups -OCH3 is 1. The predicted octanol–water partition coefficient (Wildman–Crippen LogP) is 3.25. The molecule has 1 aromatic heterocycles. The Morgan fingerprint density at radius 2 is 2.09 bits per heavy atom. The smallest absolute Gasteiger partial charge is 0.239 e. The molecule has 2 aliphatic heterocycles. The Labute approximate surface area is 134 Å². The largest absolute Gasteiger partial charge is 0.479 e. The number of nitrogens with zero attached hydrogens (tertiary/aromatic N) is 3. The summed E-state index contributed by atoms with van der Waals surface area (Å²) in [7, 11) is 1.63. The molecule has 0 radical (unpaired) electrons. The average Bonchev–Trinajstić information content (AvgIpc) is 2.95. The topological polar surface area (TPSA) is 37.7 Å². The molecule has 4 nitrogen and oxygen atoms in total. The predicted molar refractivity (Wildman–Crippen MR) is 89.8 cm³/mol. The summed E-state index contributed by atoms with van der Waals surface area (Å²) in [6.07, 6.45) is 2.83. The van der Waals surface area contributed by atoms with Crippen LogP contribution in [0.15, 0.2) is 47.6 Å². The molecular weight excluding hydrogens is 294 g/mol. The van der Waals surface area contributed by atoms with Crippen molar-refractivity contribution in [2.45, 2.75) is 19.0 Å². The van der Waals surface area contributed by atoms with Gasteiger partial charge in [-0.05, 0) is 29.7 Å². The van der Waals surface area contributed by atoms with E-state index in [1.807, 2.05) is 23.9 Å². The Morgan fingerprint density at radius 1 is 1.23 bits per heavy atom. The minimum atomic E-state index is 0.543. The van der Waals surface area contributed by atoms with Gasteiger partial charge < -0.3 is 9.64 Å². The van der Waals surface area contributed by atoms with E-state index in [1.165, 1.54) is 11.1 Å². The quantitative estimate of drug-likeness (QED) is 0.853. The number of amidine groups is 1. The molecule has 0 saturated carbocycles. The fourth-order valence-electron chi connectivity index (χ4n) is 3.04. The summed E-state index contributed by atoms with van der Waals surface area (Å²) in [5.41, 5.74) is 3.68. The van der Waals surface area contributed by atoms with Gasteiger partial charge in [-0.25, -0.2) is 9.98 Å². The highest BCUT2D eigenvalue weighted by Crippen LogP contribution is 2.35. The lowest BCUT2D eigenvalue weighted by Crippen LogP contribution is -2.38. The highest BCUT2D eigenvalue weighted by atomic mass is 32.2. The second-order valence-corrected chi connectivity index (χ2v) is 6.48. The van der Waals surface area contributed by atoms with Crippen molar-refractivity contribution >= 4 is 22.6 Å². The minimum absolute atomic E-state index is 0.543. The van der Waals surface area contributed by atoms with Gasteiger partial charge in [0.15, 0.2) is 5.17 Å². The zero-order valence-electron chi connectivity index (χ0n) is 12.4. The first kappa shape index (κ1) is 13.6. The van der Waals surface area contributed by atoms with Gasteiger partial charge in [0.1, 0.15) is 5.69 Å². The summed E-state index contributed by atoms with van der Waals surface area (Å²) < 4.78 is 5.30. The molecule has 0 unspecified atom stereocenters. The summed E-state index contributed by atoms with van der Waals surface area (Å²) in [6, 6.07) is 13.1. The van der Waals surface area contributed by atoms with Gasteiger partial charge in [-0.1, -0.05) is 36.0 Å². The van der Waals surface area contributed by atoms with Crippen molar-refractivity contribution in [2.75, 3.05) is 12.9 Å². The third kappa shape index (κ3) is 2.35. The first-order valence-corrected chi connectivity index (χ1v) is 8.37. The Hall–Kier alpha value is -2.01. The molecule has 1 saturated heterocycles. The standard InChI is InChI=1S/C17H17N3OS/c1-21-16-15(7-4-8-18-16)19-17-20-10-13-6-3-2-5-12(13)9-14(20)11-22-17/h2-8,14H,9-11H2,1H3/t14-/m0/s1. The molecule has 4 rings (SSSR count). The van der Waals surface area contributed by atoms with E-state index in [9.17, 15) is 0 Å². The van der Waals surface area contributed by atoms with E-state index in [1.54, 1.807) is 13.3 Å². The highest BCUT2D eigenvalue weighted by molar-refractivity contribution is 8.14. The van der Waals surface area contributed by atoms with Crippen LogP contribution in [0.4, 0.5) is 5.69 Å². The van der Waals surface area contributed by atoms with Crippen molar-refractivity contribution in [3.63, 3.8) is 0 Å². The zero-order chi connectivity index (χ0) is 14.9. The molecule has 1 atom stereocenters. The van der Waals surface area contributed by atoms with Crippen molar-refractivity contribution in [3.8, 4) is 5.88 Å². The summed E-state index contributed by atoms with van der Waals surface area (Å²) >= 11 is 1.82. The van der Waals surface area contributed by atoms with Gasteiger partial charge in [-0.2, -0.15) is 0 Å². The molecule has 1 fully saturated rings. The van der Waals surface area contributed by atoms with E-state index in [0.29, 0.717) is 11.9 Å². The molecule has 5 heteroatoms. The van der Waals surface area contributed by atoms with Crippen LogP contribution in [-0.2, 0) is 13.0 Å². The van der Waals surface area contributed by atoms with Crippen LogP contribution in [0.2, 0.25) is 0 Å². The molecular formula is C17H17N3OS. The molecule has 0 bridgehead atoms. The van der Waals surface area contributed by atoms with Gasteiger partial charge in [-0.15, -0.1) is 0 Å².